The average molecular weight is 464 g/mol. The van der Waals surface area contributed by atoms with Gasteiger partial charge in [-0.3, -0.25) is 4.79 Å². The van der Waals surface area contributed by atoms with E-state index in [4.69, 9.17) is 14.2 Å². The summed E-state index contributed by atoms with van der Waals surface area (Å²) >= 11 is 0. The summed E-state index contributed by atoms with van der Waals surface area (Å²) in [6.07, 6.45) is 11.4. The second kappa shape index (κ2) is 9.80. The van der Waals surface area contributed by atoms with Crippen LogP contribution in [0.5, 0.6) is 11.5 Å². The van der Waals surface area contributed by atoms with Gasteiger partial charge in [-0.15, -0.1) is 0 Å². The molecule has 1 aliphatic carbocycles. The molecule has 3 aromatic rings. The van der Waals surface area contributed by atoms with Crippen LogP contribution in [0, 0.1) is 0 Å². The van der Waals surface area contributed by atoms with Crippen molar-refractivity contribution in [2.45, 2.75) is 44.2 Å². The summed E-state index contributed by atoms with van der Waals surface area (Å²) in [5.41, 5.74) is 3.64. The van der Waals surface area contributed by atoms with Crippen molar-refractivity contribution in [3.8, 4) is 11.5 Å². The summed E-state index contributed by atoms with van der Waals surface area (Å²) in [4.78, 5) is 25.3. The largest absolute Gasteiger partial charge is 0.494 e. The van der Waals surface area contributed by atoms with Crippen molar-refractivity contribution in [2.75, 3.05) is 25.6 Å². The summed E-state index contributed by atoms with van der Waals surface area (Å²) in [6.45, 7) is 1.31. The zero-order chi connectivity index (χ0) is 23.5. The molecule has 0 saturated heterocycles. The van der Waals surface area contributed by atoms with E-state index in [-0.39, 0.29) is 17.7 Å². The predicted octanol–water partition coefficient (Wildman–Crippen LogP) is 3.34. The van der Waals surface area contributed by atoms with Crippen molar-refractivity contribution in [2.24, 2.45) is 7.05 Å². The van der Waals surface area contributed by atoms with Crippen LogP contribution in [0.3, 0.4) is 0 Å². The summed E-state index contributed by atoms with van der Waals surface area (Å²) in [5.74, 6) is 1.95. The Labute approximate surface area is 197 Å². The molecule has 5 rings (SSSR count). The Morgan fingerprint density at radius 3 is 2.59 bits per heavy atom. The lowest BCUT2D eigenvalue weighted by atomic mass is 9.93. The van der Waals surface area contributed by atoms with Gasteiger partial charge >= 0.3 is 0 Å². The van der Waals surface area contributed by atoms with Crippen molar-refractivity contribution >= 4 is 22.6 Å². The minimum atomic E-state index is -0.150. The first-order valence-electron chi connectivity index (χ1n) is 11.7. The van der Waals surface area contributed by atoms with E-state index in [9.17, 15) is 4.79 Å². The number of ether oxygens (including phenoxy) is 3. The van der Waals surface area contributed by atoms with Gasteiger partial charge in [0, 0.05) is 13.1 Å². The molecule has 0 atom stereocenters. The van der Waals surface area contributed by atoms with Crippen LogP contribution in [-0.4, -0.2) is 52.0 Å². The molecule has 0 spiro atoms. The minimum Gasteiger partial charge on any atom is -0.494 e. The second-order valence-corrected chi connectivity index (χ2v) is 8.73. The first kappa shape index (κ1) is 22.3. The van der Waals surface area contributed by atoms with Crippen LogP contribution in [0.2, 0.25) is 0 Å². The maximum atomic E-state index is 12.3. The number of aryl methyl sites for hydroxylation is 1. The third-order valence-corrected chi connectivity index (χ3v) is 6.53. The van der Waals surface area contributed by atoms with Crippen LogP contribution >= 0.6 is 0 Å². The van der Waals surface area contributed by atoms with Crippen LogP contribution in [0.1, 0.15) is 37.7 Å². The van der Waals surface area contributed by atoms with Gasteiger partial charge < -0.3 is 24.1 Å². The summed E-state index contributed by atoms with van der Waals surface area (Å²) in [7, 11) is 3.36. The highest BCUT2D eigenvalue weighted by atomic mass is 16.5. The van der Waals surface area contributed by atoms with Gasteiger partial charge in [0.15, 0.2) is 5.75 Å². The van der Waals surface area contributed by atoms with E-state index in [1.165, 1.54) is 11.8 Å². The molecule has 2 aliphatic rings. The summed E-state index contributed by atoms with van der Waals surface area (Å²) in [6, 6.07) is 4.37. The van der Waals surface area contributed by atoms with Crippen LogP contribution in [0.15, 0.2) is 41.6 Å². The Hall–Kier alpha value is -3.46. The molecule has 2 aromatic heterocycles. The van der Waals surface area contributed by atoms with Crippen molar-refractivity contribution in [3.05, 3.63) is 52.7 Å². The van der Waals surface area contributed by atoms with E-state index in [0.29, 0.717) is 30.7 Å². The third-order valence-electron chi connectivity index (χ3n) is 6.53. The van der Waals surface area contributed by atoms with Gasteiger partial charge in [0.1, 0.15) is 11.3 Å². The molecule has 3 heterocycles. The quantitative estimate of drug-likeness (QED) is 0.594. The SMILES string of the molecule is COc1cnc(N[C@H]2CC[C@@H](Oc3cc(C4=CCOCC4)cc4ncc(=O)n(C)c34)CC2)nc1. The normalized spacial score (nSPS) is 20.6. The lowest BCUT2D eigenvalue weighted by Crippen LogP contribution is -2.32. The van der Waals surface area contributed by atoms with Gasteiger partial charge in [-0.2, -0.15) is 0 Å². The summed E-state index contributed by atoms with van der Waals surface area (Å²) in [5, 5.41) is 3.41. The Morgan fingerprint density at radius 1 is 1.09 bits per heavy atom. The predicted molar refractivity (Wildman–Crippen MR) is 129 cm³/mol. The highest BCUT2D eigenvalue weighted by Crippen LogP contribution is 2.33. The number of hydrogen-bond donors (Lipinski definition) is 1. The topological polar surface area (TPSA) is 100 Å². The maximum Gasteiger partial charge on any atom is 0.269 e. The monoisotopic (exact) mass is 463 g/mol. The number of nitrogens with one attached hydrogen (secondary N) is 1. The zero-order valence-electron chi connectivity index (χ0n) is 19.5. The van der Waals surface area contributed by atoms with Crippen molar-refractivity contribution in [1.82, 2.24) is 19.5 Å². The molecule has 9 nitrogen and oxygen atoms in total. The number of nitrogens with zero attached hydrogens (tertiary/aromatic N) is 4. The highest BCUT2D eigenvalue weighted by molar-refractivity contribution is 5.86. The van der Waals surface area contributed by atoms with Crippen molar-refractivity contribution < 1.29 is 14.2 Å². The van der Waals surface area contributed by atoms with Gasteiger partial charge in [0.05, 0.1) is 50.5 Å². The molecule has 0 radical (unpaired) electrons. The Bertz CT molecular complexity index is 1250. The van der Waals surface area contributed by atoms with E-state index in [1.54, 1.807) is 31.1 Å². The zero-order valence-corrected chi connectivity index (χ0v) is 19.5. The van der Waals surface area contributed by atoms with Crippen LogP contribution < -0.4 is 20.3 Å². The average Bonchev–Trinajstić information content (AvgIpc) is 2.88. The molecule has 1 saturated carbocycles. The first-order valence-corrected chi connectivity index (χ1v) is 11.7. The van der Waals surface area contributed by atoms with Crippen molar-refractivity contribution in [1.29, 1.82) is 0 Å². The van der Waals surface area contributed by atoms with E-state index in [2.05, 4.69) is 32.4 Å². The van der Waals surface area contributed by atoms with Crippen LogP contribution in [0.4, 0.5) is 5.95 Å². The molecule has 0 bridgehead atoms. The molecule has 1 aliphatic heterocycles. The lowest BCUT2D eigenvalue weighted by Gasteiger charge is -2.30. The number of rotatable bonds is 6. The molecule has 1 aromatic carbocycles. The van der Waals surface area contributed by atoms with Crippen LogP contribution in [0.25, 0.3) is 16.6 Å². The fourth-order valence-electron chi connectivity index (χ4n) is 4.60. The van der Waals surface area contributed by atoms with Crippen molar-refractivity contribution in [3.63, 3.8) is 0 Å². The third kappa shape index (κ3) is 4.75. The van der Waals surface area contributed by atoms with E-state index >= 15 is 0 Å². The lowest BCUT2D eigenvalue weighted by molar-refractivity contribution is 0.151. The molecule has 0 unspecified atom stereocenters. The molecule has 34 heavy (non-hydrogen) atoms. The molecule has 178 valence electrons. The van der Waals surface area contributed by atoms with E-state index < -0.39 is 0 Å². The van der Waals surface area contributed by atoms with Gasteiger partial charge in [0.2, 0.25) is 5.95 Å². The number of anilines is 1. The molecule has 1 N–H and O–H groups in total. The Balaban J connectivity index is 1.33. The van der Waals surface area contributed by atoms with Gasteiger partial charge in [0.25, 0.3) is 5.56 Å². The maximum absolute atomic E-state index is 12.3. The standard InChI is InChI=1S/C25H29N5O4/c1-30-23(31)15-26-21-11-17(16-7-9-33-10-8-16)12-22(24(21)30)34-19-5-3-18(4-6-19)29-25-27-13-20(32-2)14-28-25/h7,11-15,18-19H,3-6,8-10H2,1-2H3,(H,27,28,29)/t18-,19+. The van der Waals surface area contributed by atoms with Crippen LogP contribution in [-0.2, 0) is 11.8 Å². The van der Waals surface area contributed by atoms with E-state index in [1.807, 2.05) is 6.07 Å². The number of hydrogen-bond acceptors (Lipinski definition) is 8. The Morgan fingerprint density at radius 2 is 1.88 bits per heavy atom. The van der Waals surface area contributed by atoms with Gasteiger partial charge in [-0.05, 0) is 55.4 Å². The van der Waals surface area contributed by atoms with Gasteiger partial charge in [-0.25, -0.2) is 15.0 Å². The molecule has 0 amide bonds. The smallest absolute Gasteiger partial charge is 0.269 e. The molecular weight excluding hydrogens is 434 g/mol. The highest BCUT2D eigenvalue weighted by Gasteiger charge is 2.24. The fraction of sp³-hybridized carbons (Fsp3) is 0.440. The number of benzene rings is 1. The number of aromatic nitrogens is 4. The Kier molecular flexibility index (Phi) is 6.44. The summed E-state index contributed by atoms with van der Waals surface area (Å²) < 4.78 is 18.7. The molecule has 9 heteroatoms. The number of fused-ring (bicyclic) bond motifs is 1. The molecular formula is C25H29N5O4. The fourth-order valence-corrected chi connectivity index (χ4v) is 4.60. The number of methoxy groups -OCH3 is 1. The first-order chi connectivity index (χ1) is 16.6. The second-order valence-electron chi connectivity index (χ2n) is 8.73. The van der Waals surface area contributed by atoms with Gasteiger partial charge in [-0.1, -0.05) is 6.08 Å². The molecule has 1 fully saturated rings. The minimum absolute atomic E-state index is 0.0623. The van der Waals surface area contributed by atoms with E-state index in [0.717, 1.165) is 48.7 Å².